The fraction of sp³-hybridized carbons (Fsp3) is 0.364. The summed E-state index contributed by atoms with van der Waals surface area (Å²) in [6.07, 6.45) is 0.903. The highest BCUT2D eigenvalue weighted by molar-refractivity contribution is 14.0. The lowest BCUT2D eigenvalue weighted by atomic mass is 10.1. The third-order valence-corrected chi connectivity index (χ3v) is 4.54. The number of aliphatic imine (C=N–C) groups is 1. The fourth-order valence-electron chi connectivity index (χ4n) is 2.60. The molecule has 1 amide bonds. The van der Waals surface area contributed by atoms with Gasteiger partial charge in [-0.05, 0) is 43.2 Å². The van der Waals surface area contributed by atoms with E-state index in [1.165, 1.54) is 0 Å². The number of benzene rings is 2. The lowest BCUT2D eigenvalue weighted by Crippen LogP contribution is -2.32. The van der Waals surface area contributed by atoms with Gasteiger partial charge in [-0.15, -0.1) is 24.0 Å². The van der Waals surface area contributed by atoms with Crippen molar-refractivity contribution in [2.75, 3.05) is 26.6 Å². The van der Waals surface area contributed by atoms with Crippen molar-refractivity contribution in [2.45, 2.75) is 32.9 Å². The van der Waals surface area contributed by atoms with Gasteiger partial charge in [0.1, 0.15) is 0 Å². The number of anilines is 1. The van der Waals surface area contributed by atoms with E-state index in [1.54, 1.807) is 21.3 Å². The number of ether oxygens (including phenoxy) is 2. The zero-order valence-corrected chi connectivity index (χ0v) is 20.4. The van der Waals surface area contributed by atoms with E-state index in [1.807, 2.05) is 56.3 Å². The van der Waals surface area contributed by atoms with Gasteiger partial charge in [-0.3, -0.25) is 9.79 Å². The van der Waals surface area contributed by atoms with E-state index in [-0.39, 0.29) is 35.9 Å². The van der Waals surface area contributed by atoms with Gasteiger partial charge in [0.25, 0.3) is 5.91 Å². The van der Waals surface area contributed by atoms with Crippen LogP contribution in [0.1, 0.15) is 36.2 Å². The molecule has 0 saturated carbocycles. The normalized spacial score (nSPS) is 11.7. The van der Waals surface area contributed by atoms with Crippen molar-refractivity contribution in [1.82, 2.24) is 10.6 Å². The zero-order chi connectivity index (χ0) is 21.2. The van der Waals surface area contributed by atoms with Crippen LogP contribution in [0.4, 0.5) is 5.69 Å². The second kappa shape index (κ2) is 12.9. The predicted molar refractivity (Wildman–Crippen MR) is 132 cm³/mol. The van der Waals surface area contributed by atoms with Crippen molar-refractivity contribution >= 4 is 41.5 Å². The van der Waals surface area contributed by atoms with E-state index >= 15 is 0 Å². The third-order valence-electron chi connectivity index (χ3n) is 4.54. The summed E-state index contributed by atoms with van der Waals surface area (Å²) in [5.74, 6) is 1.87. The first-order chi connectivity index (χ1) is 14.0. The number of amides is 1. The fourth-order valence-corrected chi connectivity index (χ4v) is 2.60. The van der Waals surface area contributed by atoms with E-state index < -0.39 is 0 Å². The highest BCUT2D eigenvalue weighted by Gasteiger charge is 2.09. The summed E-state index contributed by atoms with van der Waals surface area (Å²) in [4.78, 5) is 16.4. The second-order valence-electron chi connectivity index (χ2n) is 6.60. The van der Waals surface area contributed by atoms with Crippen LogP contribution in [-0.2, 0) is 6.54 Å². The summed E-state index contributed by atoms with van der Waals surface area (Å²) in [6, 6.07) is 13.3. The van der Waals surface area contributed by atoms with Gasteiger partial charge in [0.2, 0.25) is 0 Å². The van der Waals surface area contributed by atoms with E-state index in [0.29, 0.717) is 29.6 Å². The van der Waals surface area contributed by atoms with Gasteiger partial charge in [0.05, 0.1) is 14.2 Å². The Hall–Kier alpha value is -2.49. The van der Waals surface area contributed by atoms with E-state index in [2.05, 4.69) is 20.9 Å². The summed E-state index contributed by atoms with van der Waals surface area (Å²) in [6.45, 7) is 4.61. The first kappa shape index (κ1) is 25.5. The number of rotatable bonds is 8. The molecule has 8 heteroatoms. The number of hydrogen-bond acceptors (Lipinski definition) is 4. The standard InChI is InChI=1S/C22H30N4O3.HI/c1-6-15(2)25-21(27)17-9-7-16(8-10-17)14-24-22(23-3)26-18-11-12-19(28-4)20(13-18)29-5;/h7-13,15H,6,14H2,1-5H3,(H,25,27)(H2,23,24,26);1H. The molecule has 0 heterocycles. The number of nitrogens with zero attached hydrogens (tertiary/aromatic N) is 1. The van der Waals surface area contributed by atoms with Crippen molar-refractivity contribution in [3.63, 3.8) is 0 Å². The van der Waals surface area contributed by atoms with Gasteiger partial charge in [0, 0.05) is 37.0 Å². The molecule has 3 N–H and O–H groups in total. The number of halogens is 1. The summed E-state index contributed by atoms with van der Waals surface area (Å²) in [7, 11) is 4.91. The molecule has 1 unspecified atom stereocenters. The Labute approximate surface area is 195 Å². The third kappa shape index (κ3) is 7.40. The van der Waals surface area contributed by atoms with Crippen LogP contribution in [0.15, 0.2) is 47.5 Å². The van der Waals surface area contributed by atoms with Crippen LogP contribution in [0.2, 0.25) is 0 Å². The molecule has 0 bridgehead atoms. The van der Waals surface area contributed by atoms with Crippen molar-refractivity contribution in [3.8, 4) is 11.5 Å². The smallest absolute Gasteiger partial charge is 0.251 e. The molecule has 7 nitrogen and oxygen atoms in total. The van der Waals surface area contributed by atoms with Crippen molar-refractivity contribution in [1.29, 1.82) is 0 Å². The summed E-state index contributed by atoms with van der Waals surface area (Å²) in [5, 5.41) is 9.44. The van der Waals surface area contributed by atoms with Crippen LogP contribution in [0.25, 0.3) is 0 Å². The van der Waals surface area contributed by atoms with Crippen LogP contribution < -0.4 is 25.4 Å². The molecule has 164 valence electrons. The lowest BCUT2D eigenvalue weighted by molar-refractivity contribution is 0.0939. The molecule has 0 spiro atoms. The summed E-state index contributed by atoms with van der Waals surface area (Å²) < 4.78 is 10.6. The topological polar surface area (TPSA) is 84.0 Å². The largest absolute Gasteiger partial charge is 0.493 e. The Kier molecular flexibility index (Phi) is 11.0. The molecule has 0 aliphatic rings. The molecule has 30 heavy (non-hydrogen) atoms. The second-order valence-corrected chi connectivity index (χ2v) is 6.60. The summed E-state index contributed by atoms with van der Waals surface area (Å²) >= 11 is 0. The molecule has 0 aliphatic carbocycles. The van der Waals surface area contributed by atoms with Crippen molar-refractivity contribution in [2.24, 2.45) is 4.99 Å². The Bertz CT molecular complexity index is 841. The average molecular weight is 526 g/mol. The Morgan fingerprint density at radius 2 is 1.73 bits per heavy atom. The molecule has 0 radical (unpaired) electrons. The molecular weight excluding hydrogens is 495 g/mol. The number of carbonyl (C=O) groups excluding carboxylic acids is 1. The molecule has 1 atom stereocenters. The Morgan fingerprint density at radius 3 is 2.30 bits per heavy atom. The van der Waals surface area contributed by atoms with Crippen LogP contribution >= 0.6 is 24.0 Å². The highest BCUT2D eigenvalue weighted by Crippen LogP contribution is 2.29. The van der Waals surface area contributed by atoms with Crippen LogP contribution in [0.3, 0.4) is 0 Å². The maximum Gasteiger partial charge on any atom is 0.251 e. The highest BCUT2D eigenvalue weighted by atomic mass is 127. The first-order valence-corrected chi connectivity index (χ1v) is 9.60. The monoisotopic (exact) mass is 526 g/mol. The maximum atomic E-state index is 12.2. The Balaban J connectivity index is 0.00000450. The zero-order valence-electron chi connectivity index (χ0n) is 18.1. The number of nitrogens with one attached hydrogen (secondary N) is 3. The molecule has 2 aromatic rings. The molecular formula is C22H31IN4O3. The quantitative estimate of drug-likeness (QED) is 0.275. The molecule has 0 fully saturated rings. The number of guanidine groups is 1. The first-order valence-electron chi connectivity index (χ1n) is 9.60. The van der Waals surface area contributed by atoms with Crippen LogP contribution in [0, 0.1) is 0 Å². The van der Waals surface area contributed by atoms with Crippen LogP contribution in [-0.4, -0.2) is 39.2 Å². The van der Waals surface area contributed by atoms with Gasteiger partial charge in [0.15, 0.2) is 17.5 Å². The number of hydrogen-bond donors (Lipinski definition) is 3. The number of carbonyl (C=O) groups is 1. The van der Waals surface area contributed by atoms with Crippen molar-refractivity contribution < 1.29 is 14.3 Å². The maximum absolute atomic E-state index is 12.2. The molecule has 0 aromatic heterocycles. The van der Waals surface area contributed by atoms with E-state index in [4.69, 9.17) is 9.47 Å². The van der Waals surface area contributed by atoms with Crippen molar-refractivity contribution in [3.05, 3.63) is 53.6 Å². The van der Waals surface area contributed by atoms with Gasteiger partial charge in [-0.25, -0.2) is 0 Å². The van der Waals surface area contributed by atoms with Gasteiger partial charge < -0.3 is 25.4 Å². The molecule has 0 aliphatic heterocycles. The van der Waals surface area contributed by atoms with E-state index in [0.717, 1.165) is 17.7 Å². The molecule has 2 aromatic carbocycles. The van der Waals surface area contributed by atoms with Crippen LogP contribution in [0.5, 0.6) is 11.5 Å². The molecule has 2 rings (SSSR count). The lowest BCUT2D eigenvalue weighted by Gasteiger charge is -2.14. The van der Waals surface area contributed by atoms with E-state index in [9.17, 15) is 4.79 Å². The SMILES string of the molecule is CCC(C)NC(=O)c1ccc(CNC(=NC)Nc2ccc(OC)c(OC)c2)cc1.I. The minimum absolute atomic E-state index is 0. The van der Waals surface area contributed by atoms with Gasteiger partial charge in [-0.2, -0.15) is 0 Å². The Morgan fingerprint density at radius 1 is 1.07 bits per heavy atom. The van der Waals surface area contributed by atoms with Gasteiger partial charge in [-0.1, -0.05) is 19.1 Å². The summed E-state index contributed by atoms with van der Waals surface area (Å²) in [5.41, 5.74) is 2.52. The average Bonchev–Trinajstić information content (AvgIpc) is 2.76. The minimum atomic E-state index is -0.0511. The van der Waals surface area contributed by atoms with Gasteiger partial charge >= 0.3 is 0 Å². The number of methoxy groups -OCH3 is 2. The molecule has 0 saturated heterocycles. The predicted octanol–water partition coefficient (Wildman–Crippen LogP) is 4.04. The minimum Gasteiger partial charge on any atom is -0.493 e.